The van der Waals surface area contributed by atoms with Gasteiger partial charge in [-0.3, -0.25) is 9.48 Å². The van der Waals surface area contributed by atoms with Crippen molar-refractivity contribution >= 4 is 5.91 Å². The van der Waals surface area contributed by atoms with Gasteiger partial charge in [-0.05, 0) is 13.8 Å². The van der Waals surface area contributed by atoms with Crippen LogP contribution in [-0.2, 0) is 17.8 Å². The van der Waals surface area contributed by atoms with Gasteiger partial charge < -0.3 is 10.8 Å². The lowest BCUT2D eigenvalue weighted by atomic mass is 10.3. The van der Waals surface area contributed by atoms with Crippen LogP contribution >= 0.6 is 0 Å². The van der Waals surface area contributed by atoms with E-state index < -0.39 is 5.91 Å². The van der Waals surface area contributed by atoms with E-state index in [9.17, 15) is 4.79 Å². The molecule has 0 aliphatic heterocycles. The molecule has 0 aliphatic rings. The van der Waals surface area contributed by atoms with Gasteiger partial charge in [0.15, 0.2) is 11.6 Å². The van der Waals surface area contributed by atoms with Crippen molar-refractivity contribution in [3.8, 4) is 11.4 Å². The van der Waals surface area contributed by atoms with E-state index in [1.54, 1.807) is 15.6 Å². The number of rotatable bonds is 6. The molecular formula is C12H18N6O2. The number of carbonyl (C=O) groups excluding carboxylic acids is 1. The Morgan fingerprint density at radius 2 is 2.25 bits per heavy atom. The summed E-state index contributed by atoms with van der Waals surface area (Å²) in [4.78, 5) is 15.2. The summed E-state index contributed by atoms with van der Waals surface area (Å²) in [5.74, 6) is 0.427. The first-order valence-corrected chi connectivity index (χ1v) is 6.38. The van der Waals surface area contributed by atoms with Crippen LogP contribution in [0.5, 0.6) is 0 Å². The Morgan fingerprint density at radius 1 is 1.50 bits per heavy atom. The van der Waals surface area contributed by atoms with E-state index >= 15 is 0 Å². The SMILES string of the molecule is CC(C)n1cc(-c2nc(CC(N)=O)nn2CCO)cn1. The predicted octanol–water partition coefficient (Wildman–Crippen LogP) is -0.257. The zero-order chi connectivity index (χ0) is 14.7. The summed E-state index contributed by atoms with van der Waals surface area (Å²) >= 11 is 0. The monoisotopic (exact) mass is 278 g/mol. The van der Waals surface area contributed by atoms with Crippen molar-refractivity contribution in [2.45, 2.75) is 32.9 Å². The number of hydrogen-bond donors (Lipinski definition) is 2. The number of aliphatic hydroxyl groups is 1. The zero-order valence-electron chi connectivity index (χ0n) is 11.5. The van der Waals surface area contributed by atoms with Gasteiger partial charge in [0.2, 0.25) is 5.91 Å². The number of amides is 1. The summed E-state index contributed by atoms with van der Waals surface area (Å²) < 4.78 is 3.36. The largest absolute Gasteiger partial charge is 0.394 e. The minimum atomic E-state index is -0.490. The van der Waals surface area contributed by atoms with Crippen LogP contribution in [0.25, 0.3) is 11.4 Å². The lowest BCUT2D eigenvalue weighted by molar-refractivity contribution is -0.117. The smallest absolute Gasteiger partial charge is 0.225 e. The third kappa shape index (κ3) is 3.02. The van der Waals surface area contributed by atoms with Crippen LogP contribution in [0.3, 0.4) is 0 Å². The zero-order valence-corrected chi connectivity index (χ0v) is 11.5. The molecule has 8 nitrogen and oxygen atoms in total. The maximum atomic E-state index is 10.9. The van der Waals surface area contributed by atoms with Gasteiger partial charge in [0.1, 0.15) is 0 Å². The fourth-order valence-electron chi connectivity index (χ4n) is 1.82. The van der Waals surface area contributed by atoms with Gasteiger partial charge in [-0.25, -0.2) is 9.67 Å². The number of aromatic nitrogens is 5. The number of hydrogen-bond acceptors (Lipinski definition) is 5. The van der Waals surface area contributed by atoms with Crippen LogP contribution in [-0.4, -0.2) is 42.2 Å². The molecular weight excluding hydrogens is 260 g/mol. The van der Waals surface area contributed by atoms with Crippen LogP contribution in [0.2, 0.25) is 0 Å². The van der Waals surface area contributed by atoms with Crippen molar-refractivity contribution in [1.29, 1.82) is 0 Å². The summed E-state index contributed by atoms with van der Waals surface area (Å²) in [7, 11) is 0. The Kier molecular flexibility index (Phi) is 4.14. The Balaban J connectivity index is 2.36. The Hall–Kier alpha value is -2.22. The summed E-state index contributed by atoms with van der Waals surface area (Å²) in [6.45, 7) is 4.28. The first-order valence-electron chi connectivity index (χ1n) is 6.38. The molecule has 2 rings (SSSR count). The molecule has 1 amide bonds. The lowest BCUT2D eigenvalue weighted by Crippen LogP contribution is -2.15. The summed E-state index contributed by atoms with van der Waals surface area (Å²) in [5.41, 5.74) is 5.93. The minimum absolute atomic E-state index is 0.0241. The van der Waals surface area contributed by atoms with E-state index in [0.29, 0.717) is 18.2 Å². The molecule has 108 valence electrons. The molecule has 2 aromatic rings. The van der Waals surface area contributed by atoms with Crippen molar-refractivity contribution in [3.05, 3.63) is 18.2 Å². The van der Waals surface area contributed by atoms with Crippen LogP contribution in [0.15, 0.2) is 12.4 Å². The maximum Gasteiger partial charge on any atom is 0.225 e. The minimum Gasteiger partial charge on any atom is -0.394 e. The molecule has 0 aliphatic carbocycles. The molecule has 20 heavy (non-hydrogen) atoms. The second kappa shape index (κ2) is 5.83. The highest BCUT2D eigenvalue weighted by molar-refractivity contribution is 5.75. The Bertz CT molecular complexity index is 601. The normalized spacial score (nSPS) is 11.2. The van der Waals surface area contributed by atoms with Crippen LogP contribution < -0.4 is 5.73 Å². The fraction of sp³-hybridized carbons (Fsp3) is 0.500. The molecule has 0 saturated carbocycles. The average Bonchev–Trinajstić information content (AvgIpc) is 2.95. The predicted molar refractivity (Wildman–Crippen MR) is 71.6 cm³/mol. The van der Waals surface area contributed by atoms with Crippen molar-refractivity contribution in [2.75, 3.05) is 6.61 Å². The van der Waals surface area contributed by atoms with E-state index in [1.807, 2.05) is 20.0 Å². The van der Waals surface area contributed by atoms with E-state index in [4.69, 9.17) is 10.8 Å². The number of primary amides is 1. The molecule has 0 atom stereocenters. The molecule has 0 spiro atoms. The quantitative estimate of drug-likeness (QED) is 0.756. The molecule has 0 fully saturated rings. The van der Waals surface area contributed by atoms with Gasteiger partial charge in [-0.15, -0.1) is 0 Å². The molecule has 0 bridgehead atoms. The molecule has 0 aromatic carbocycles. The van der Waals surface area contributed by atoms with Crippen molar-refractivity contribution in [1.82, 2.24) is 24.5 Å². The highest BCUT2D eigenvalue weighted by Crippen LogP contribution is 2.18. The number of carbonyl (C=O) groups is 1. The molecule has 0 radical (unpaired) electrons. The number of aliphatic hydroxyl groups excluding tert-OH is 1. The maximum absolute atomic E-state index is 10.9. The van der Waals surface area contributed by atoms with Gasteiger partial charge >= 0.3 is 0 Å². The van der Waals surface area contributed by atoms with Crippen molar-refractivity contribution < 1.29 is 9.90 Å². The molecule has 0 unspecified atom stereocenters. The molecule has 2 heterocycles. The number of nitrogens with zero attached hydrogens (tertiary/aromatic N) is 5. The molecule has 2 aromatic heterocycles. The van der Waals surface area contributed by atoms with E-state index in [1.165, 1.54) is 0 Å². The van der Waals surface area contributed by atoms with Gasteiger partial charge in [0.25, 0.3) is 0 Å². The highest BCUT2D eigenvalue weighted by Gasteiger charge is 2.15. The fourth-order valence-corrected chi connectivity index (χ4v) is 1.82. The topological polar surface area (TPSA) is 112 Å². The second-order valence-electron chi connectivity index (χ2n) is 4.74. The van der Waals surface area contributed by atoms with Crippen LogP contribution in [0, 0.1) is 0 Å². The lowest BCUT2D eigenvalue weighted by Gasteiger charge is -2.03. The van der Waals surface area contributed by atoms with Crippen LogP contribution in [0.1, 0.15) is 25.7 Å². The van der Waals surface area contributed by atoms with Gasteiger partial charge in [0, 0.05) is 12.2 Å². The van der Waals surface area contributed by atoms with Gasteiger partial charge in [-0.1, -0.05) is 0 Å². The van der Waals surface area contributed by atoms with E-state index in [-0.39, 0.29) is 19.1 Å². The molecule has 0 saturated heterocycles. The van der Waals surface area contributed by atoms with Crippen LogP contribution in [0.4, 0.5) is 0 Å². The van der Waals surface area contributed by atoms with E-state index in [2.05, 4.69) is 15.2 Å². The highest BCUT2D eigenvalue weighted by atomic mass is 16.3. The van der Waals surface area contributed by atoms with Crippen molar-refractivity contribution in [2.24, 2.45) is 5.73 Å². The third-order valence-corrected chi connectivity index (χ3v) is 2.75. The number of nitrogens with two attached hydrogens (primary N) is 1. The molecule has 8 heteroatoms. The molecule has 3 N–H and O–H groups in total. The summed E-state index contributed by atoms with van der Waals surface area (Å²) in [6.07, 6.45) is 3.52. The third-order valence-electron chi connectivity index (χ3n) is 2.75. The summed E-state index contributed by atoms with van der Waals surface area (Å²) in [6, 6.07) is 0.239. The van der Waals surface area contributed by atoms with E-state index in [0.717, 1.165) is 5.56 Å². The standard InChI is InChI=1S/C12H18N6O2/c1-8(2)18-7-9(6-14-18)12-15-11(5-10(13)20)16-17(12)3-4-19/h6-8,19H,3-5H2,1-2H3,(H2,13,20). The average molecular weight is 278 g/mol. The van der Waals surface area contributed by atoms with Crippen molar-refractivity contribution in [3.63, 3.8) is 0 Å². The first-order chi connectivity index (χ1) is 9.51. The first kappa shape index (κ1) is 14.2. The van der Waals surface area contributed by atoms with Gasteiger partial charge in [-0.2, -0.15) is 10.2 Å². The summed E-state index contributed by atoms with van der Waals surface area (Å²) in [5, 5.41) is 17.5. The van der Waals surface area contributed by atoms with Gasteiger partial charge in [0.05, 0.1) is 31.3 Å². The Labute approximate surface area is 116 Å². The Morgan fingerprint density at radius 3 is 2.80 bits per heavy atom. The second-order valence-corrected chi connectivity index (χ2v) is 4.74.